The van der Waals surface area contributed by atoms with Crippen LogP contribution in [-0.4, -0.2) is 25.7 Å². The SMILES string of the molecule is Cc1cnc(CNC(=O)c2ccc(-c3cc(C(F)(F)F)nn3-c3ccccc3Cl)cc2)cn1.[HH]. The molecule has 0 unspecified atom stereocenters. The van der Waals surface area contributed by atoms with Crippen molar-refractivity contribution in [3.63, 3.8) is 0 Å². The van der Waals surface area contributed by atoms with Crippen LogP contribution >= 0.6 is 11.6 Å². The summed E-state index contributed by atoms with van der Waals surface area (Å²) in [7, 11) is 0. The predicted molar refractivity (Wildman–Crippen MR) is 119 cm³/mol. The molecule has 0 spiro atoms. The lowest BCUT2D eigenvalue weighted by molar-refractivity contribution is -0.141. The molecule has 170 valence electrons. The van der Waals surface area contributed by atoms with Gasteiger partial charge >= 0.3 is 6.18 Å². The van der Waals surface area contributed by atoms with Crippen molar-refractivity contribution in [3.8, 4) is 16.9 Å². The highest BCUT2D eigenvalue weighted by molar-refractivity contribution is 6.32. The summed E-state index contributed by atoms with van der Waals surface area (Å²) < 4.78 is 41.2. The fourth-order valence-corrected chi connectivity index (χ4v) is 3.32. The van der Waals surface area contributed by atoms with E-state index in [9.17, 15) is 18.0 Å². The van der Waals surface area contributed by atoms with Crippen LogP contribution in [0.5, 0.6) is 0 Å². The maximum atomic E-state index is 13.4. The summed E-state index contributed by atoms with van der Waals surface area (Å²) in [5.41, 5.74) is 1.62. The molecule has 6 nitrogen and oxygen atoms in total. The van der Waals surface area contributed by atoms with Crippen molar-refractivity contribution >= 4 is 17.5 Å². The Hall–Kier alpha value is -3.72. The Labute approximate surface area is 193 Å². The van der Waals surface area contributed by atoms with E-state index in [4.69, 9.17) is 11.6 Å². The second-order valence-corrected chi connectivity index (χ2v) is 7.59. The van der Waals surface area contributed by atoms with Gasteiger partial charge in [0.1, 0.15) is 0 Å². The van der Waals surface area contributed by atoms with Gasteiger partial charge in [0, 0.05) is 18.8 Å². The molecule has 0 bridgehead atoms. The molecule has 1 N–H and O–H groups in total. The second-order valence-electron chi connectivity index (χ2n) is 7.18. The van der Waals surface area contributed by atoms with Crippen molar-refractivity contribution in [3.05, 3.63) is 94.7 Å². The van der Waals surface area contributed by atoms with Gasteiger partial charge in [-0.15, -0.1) is 0 Å². The van der Waals surface area contributed by atoms with E-state index in [-0.39, 0.29) is 24.6 Å². The number of hydrogen-bond acceptors (Lipinski definition) is 4. The van der Waals surface area contributed by atoms with Crippen LogP contribution in [0.3, 0.4) is 0 Å². The van der Waals surface area contributed by atoms with Gasteiger partial charge in [-0.2, -0.15) is 18.3 Å². The van der Waals surface area contributed by atoms with E-state index in [1.807, 2.05) is 6.92 Å². The summed E-state index contributed by atoms with van der Waals surface area (Å²) in [5, 5.41) is 6.72. The Bertz CT molecular complexity index is 1290. The lowest BCUT2D eigenvalue weighted by Crippen LogP contribution is -2.23. The zero-order valence-corrected chi connectivity index (χ0v) is 18.0. The molecule has 2 aromatic carbocycles. The van der Waals surface area contributed by atoms with Crippen molar-refractivity contribution in [1.29, 1.82) is 0 Å². The van der Waals surface area contributed by atoms with Crippen molar-refractivity contribution in [2.24, 2.45) is 0 Å². The normalized spacial score (nSPS) is 11.4. The minimum Gasteiger partial charge on any atom is -0.346 e. The molecule has 33 heavy (non-hydrogen) atoms. The van der Waals surface area contributed by atoms with Crippen molar-refractivity contribution in [1.82, 2.24) is 25.1 Å². The van der Waals surface area contributed by atoms with Gasteiger partial charge in [-0.05, 0) is 37.3 Å². The van der Waals surface area contributed by atoms with Gasteiger partial charge in [0.05, 0.1) is 40.5 Å². The third-order valence-corrected chi connectivity index (χ3v) is 5.11. The zero-order valence-electron chi connectivity index (χ0n) is 17.3. The standard InChI is InChI=1S/C23H17ClF3N5O.H2/c1-14-11-29-17(12-28-14)13-30-22(33)16-8-6-15(7-9-16)20-10-21(23(25,26)27)31-32(20)19-5-3-2-4-18(19)24;/h2-12H,13H2,1H3,(H,30,33);1H. The predicted octanol–water partition coefficient (Wildman–Crippen LogP) is 5.49. The smallest absolute Gasteiger partial charge is 0.346 e. The lowest BCUT2D eigenvalue weighted by Gasteiger charge is -2.10. The third kappa shape index (κ3) is 5.04. The molecule has 0 saturated heterocycles. The number of halogens is 4. The number of aryl methyl sites for hydroxylation is 1. The number of alkyl halides is 3. The molecule has 0 saturated carbocycles. The number of nitrogens with zero attached hydrogens (tertiary/aromatic N) is 4. The van der Waals surface area contributed by atoms with Crippen LogP contribution in [0.25, 0.3) is 16.9 Å². The molecule has 0 aliphatic carbocycles. The molecule has 10 heteroatoms. The van der Waals surface area contributed by atoms with Gasteiger partial charge in [0.25, 0.3) is 5.91 Å². The van der Waals surface area contributed by atoms with Crippen molar-refractivity contribution in [2.75, 3.05) is 0 Å². The van der Waals surface area contributed by atoms with Gasteiger partial charge in [0.15, 0.2) is 5.69 Å². The molecule has 0 fully saturated rings. The van der Waals surface area contributed by atoms with E-state index in [0.29, 0.717) is 22.5 Å². The van der Waals surface area contributed by atoms with E-state index >= 15 is 0 Å². The summed E-state index contributed by atoms with van der Waals surface area (Å²) in [6.45, 7) is 2.01. The van der Waals surface area contributed by atoms with E-state index in [1.165, 1.54) is 12.1 Å². The minimum atomic E-state index is -4.63. The third-order valence-electron chi connectivity index (χ3n) is 4.79. The number of carbonyl (C=O) groups is 1. The first kappa shape index (κ1) is 22.5. The van der Waals surface area contributed by atoms with E-state index < -0.39 is 11.9 Å². The number of hydrogen-bond donors (Lipinski definition) is 1. The minimum absolute atomic E-state index is 0. The molecule has 4 aromatic rings. The summed E-state index contributed by atoms with van der Waals surface area (Å²) in [4.78, 5) is 20.8. The maximum Gasteiger partial charge on any atom is 0.435 e. The lowest BCUT2D eigenvalue weighted by atomic mass is 10.1. The fourth-order valence-electron chi connectivity index (χ4n) is 3.11. The van der Waals surface area contributed by atoms with Gasteiger partial charge in [-0.25, -0.2) is 4.68 Å². The molecule has 4 rings (SSSR count). The summed E-state index contributed by atoms with van der Waals surface area (Å²) in [6, 6.07) is 13.6. The topological polar surface area (TPSA) is 72.7 Å². The molecule has 2 aromatic heterocycles. The van der Waals surface area contributed by atoms with Crippen LogP contribution in [0.1, 0.15) is 28.9 Å². The van der Waals surface area contributed by atoms with Crippen LogP contribution in [0.15, 0.2) is 67.0 Å². The molecule has 0 aliphatic heterocycles. The van der Waals surface area contributed by atoms with Gasteiger partial charge in [0.2, 0.25) is 0 Å². The monoisotopic (exact) mass is 473 g/mol. The number of rotatable bonds is 5. The number of carbonyl (C=O) groups excluding carboxylic acids is 1. The van der Waals surface area contributed by atoms with Gasteiger partial charge in [-0.1, -0.05) is 35.9 Å². The Morgan fingerprint density at radius 1 is 1.09 bits per heavy atom. The highest BCUT2D eigenvalue weighted by Gasteiger charge is 2.35. The van der Waals surface area contributed by atoms with Gasteiger partial charge in [-0.3, -0.25) is 14.8 Å². The molecule has 0 atom stereocenters. The second kappa shape index (κ2) is 9.03. The van der Waals surface area contributed by atoms with E-state index in [1.54, 1.807) is 48.8 Å². The van der Waals surface area contributed by atoms with Gasteiger partial charge < -0.3 is 5.32 Å². The summed E-state index contributed by atoms with van der Waals surface area (Å²) in [6.07, 6.45) is -1.44. The largest absolute Gasteiger partial charge is 0.435 e. The van der Waals surface area contributed by atoms with Crippen molar-refractivity contribution in [2.45, 2.75) is 19.6 Å². The first-order valence-electron chi connectivity index (χ1n) is 9.81. The maximum absolute atomic E-state index is 13.4. The quantitative estimate of drug-likeness (QED) is 0.416. The first-order chi connectivity index (χ1) is 15.7. The molecular formula is C23H19ClF3N5O. The number of aromatic nitrogens is 4. The van der Waals surface area contributed by atoms with E-state index in [0.717, 1.165) is 16.4 Å². The average molecular weight is 474 g/mol. The molecular weight excluding hydrogens is 455 g/mol. The van der Waals surface area contributed by atoms with Crippen molar-refractivity contribution < 1.29 is 19.4 Å². The van der Waals surface area contributed by atoms with Crippen LogP contribution < -0.4 is 5.32 Å². The van der Waals surface area contributed by atoms with Crippen LogP contribution in [0.4, 0.5) is 13.2 Å². The highest BCUT2D eigenvalue weighted by atomic mass is 35.5. The Morgan fingerprint density at radius 2 is 1.82 bits per heavy atom. The average Bonchev–Trinajstić information content (AvgIpc) is 3.25. The molecule has 0 aliphatic rings. The van der Waals surface area contributed by atoms with Crippen LogP contribution in [0, 0.1) is 6.92 Å². The number of amides is 1. The zero-order chi connectivity index (χ0) is 23.6. The first-order valence-corrected chi connectivity index (χ1v) is 10.2. The van der Waals surface area contributed by atoms with Crippen LogP contribution in [0.2, 0.25) is 5.02 Å². The van der Waals surface area contributed by atoms with E-state index in [2.05, 4.69) is 20.4 Å². The highest BCUT2D eigenvalue weighted by Crippen LogP contribution is 2.34. The fraction of sp³-hybridized carbons (Fsp3) is 0.130. The Balaban J connectivity index is 0.00000324. The number of nitrogens with one attached hydrogen (secondary N) is 1. The van der Waals surface area contributed by atoms with Crippen LogP contribution in [-0.2, 0) is 12.7 Å². The number of benzene rings is 2. The molecule has 1 amide bonds. The Morgan fingerprint density at radius 3 is 2.45 bits per heavy atom. The number of para-hydroxylation sites is 1. The summed E-state index contributed by atoms with van der Waals surface area (Å²) >= 11 is 6.20. The molecule has 0 radical (unpaired) electrons. The Kier molecular flexibility index (Phi) is 6.15. The molecule has 2 heterocycles. The summed E-state index contributed by atoms with van der Waals surface area (Å²) in [5.74, 6) is -0.348.